The van der Waals surface area contributed by atoms with Crippen molar-refractivity contribution in [1.29, 1.82) is 0 Å². The topological polar surface area (TPSA) is 51.3 Å². The summed E-state index contributed by atoms with van der Waals surface area (Å²) in [4.78, 5) is 21.8. The number of nitrogens with one attached hydrogen (secondary N) is 1. The van der Waals surface area contributed by atoms with E-state index in [2.05, 4.69) is 56.4 Å². The van der Waals surface area contributed by atoms with Gasteiger partial charge in [0.15, 0.2) is 0 Å². The van der Waals surface area contributed by atoms with E-state index in [9.17, 15) is 4.79 Å². The highest BCUT2D eigenvalue weighted by molar-refractivity contribution is 5.74. The summed E-state index contributed by atoms with van der Waals surface area (Å²) >= 11 is 0. The van der Waals surface area contributed by atoms with Crippen molar-refractivity contribution in [3.63, 3.8) is 0 Å². The van der Waals surface area contributed by atoms with Gasteiger partial charge in [-0.3, -0.25) is 4.90 Å². The smallest absolute Gasteiger partial charge is 0.317 e. The van der Waals surface area contributed by atoms with E-state index in [0.29, 0.717) is 0 Å². The maximum absolute atomic E-state index is 12.6. The first-order valence-corrected chi connectivity index (χ1v) is 12.1. The van der Waals surface area contributed by atoms with E-state index in [1.165, 1.54) is 5.56 Å². The fourth-order valence-corrected chi connectivity index (χ4v) is 4.66. The molecule has 4 rings (SSSR count). The summed E-state index contributed by atoms with van der Waals surface area (Å²) in [5, 5.41) is 3.12. The zero-order chi connectivity index (χ0) is 22.9. The average molecular weight is 452 g/mol. The molecule has 33 heavy (non-hydrogen) atoms. The van der Waals surface area contributed by atoms with E-state index in [1.807, 2.05) is 23.1 Å². The van der Waals surface area contributed by atoms with Gasteiger partial charge in [0, 0.05) is 65.4 Å². The minimum atomic E-state index is 0.0577. The summed E-state index contributed by atoms with van der Waals surface area (Å²) in [5.74, 6) is 0.885. The molecule has 2 aliphatic heterocycles. The Kier molecular flexibility index (Phi) is 8.44. The number of carbonyl (C=O) groups is 1. The van der Waals surface area contributed by atoms with Gasteiger partial charge < -0.3 is 24.8 Å². The first-order chi connectivity index (χ1) is 16.2. The van der Waals surface area contributed by atoms with Crippen molar-refractivity contribution in [2.24, 2.45) is 0 Å². The summed E-state index contributed by atoms with van der Waals surface area (Å²) in [7, 11) is 1.70. The molecule has 0 aliphatic carbocycles. The van der Waals surface area contributed by atoms with Crippen LogP contribution in [-0.2, 0) is 6.54 Å². The van der Waals surface area contributed by atoms with Crippen molar-refractivity contribution in [3.8, 4) is 5.75 Å². The number of amides is 2. The molecule has 1 N–H and O–H groups in total. The number of benzene rings is 2. The van der Waals surface area contributed by atoms with Crippen LogP contribution in [0.25, 0.3) is 0 Å². The summed E-state index contributed by atoms with van der Waals surface area (Å²) in [6.45, 7) is 10.3. The van der Waals surface area contributed by atoms with Crippen LogP contribution in [-0.4, -0.2) is 93.3 Å². The average Bonchev–Trinajstić information content (AvgIpc) is 2.88. The van der Waals surface area contributed by atoms with Gasteiger partial charge >= 0.3 is 6.03 Å². The standard InChI is InChI=1S/C26H37N5O2/c1-33-25-11-6-5-10-24(25)30-18-20-31(21-19-30)26(32)27-12-7-13-28-14-16-29(17-15-28)22-23-8-3-2-4-9-23/h2-6,8-11H,7,12-22H2,1H3,(H,27,32). The van der Waals surface area contributed by atoms with Crippen LogP contribution in [0.2, 0.25) is 0 Å². The van der Waals surface area contributed by atoms with Crippen LogP contribution in [0, 0.1) is 0 Å². The highest BCUT2D eigenvalue weighted by Gasteiger charge is 2.23. The van der Waals surface area contributed by atoms with Crippen molar-refractivity contribution < 1.29 is 9.53 Å². The summed E-state index contributed by atoms with van der Waals surface area (Å²) < 4.78 is 5.48. The van der Waals surface area contributed by atoms with Gasteiger partial charge in [-0.1, -0.05) is 42.5 Å². The van der Waals surface area contributed by atoms with Gasteiger partial charge in [0.2, 0.25) is 0 Å². The van der Waals surface area contributed by atoms with E-state index in [0.717, 1.165) is 89.9 Å². The van der Waals surface area contributed by atoms with E-state index < -0.39 is 0 Å². The zero-order valence-corrected chi connectivity index (χ0v) is 19.8. The van der Waals surface area contributed by atoms with E-state index in [1.54, 1.807) is 7.11 Å². The second-order valence-electron chi connectivity index (χ2n) is 8.83. The highest BCUT2D eigenvalue weighted by atomic mass is 16.5. The molecule has 2 aromatic carbocycles. The monoisotopic (exact) mass is 451 g/mol. The third-order valence-electron chi connectivity index (χ3n) is 6.63. The van der Waals surface area contributed by atoms with Crippen LogP contribution in [0.15, 0.2) is 54.6 Å². The van der Waals surface area contributed by atoms with Gasteiger partial charge in [-0.15, -0.1) is 0 Å². The van der Waals surface area contributed by atoms with Crippen LogP contribution < -0.4 is 15.0 Å². The van der Waals surface area contributed by atoms with Crippen molar-refractivity contribution >= 4 is 11.7 Å². The predicted molar refractivity (Wildman–Crippen MR) is 133 cm³/mol. The van der Waals surface area contributed by atoms with Gasteiger partial charge in [-0.25, -0.2) is 4.79 Å². The molecule has 0 saturated carbocycles. The number of nitrogens with zero attached hydrogens (tertiary/aromatic N) is 4. The molecular weight excluding hydrogens is 414 g/mol. The largest absolute Gasteiger partial charge is 0.495 e. The third kappa shape index (κ3) is 6.62. The van der Waals surface area contributed by atoms with Crippen molar-refractivity contribution in [1.82, 2.24) is 20.0 Å². The lowest BCUT2D eigenvalue weighted by molar-refractivity contribution is 0.126. The summed E-state index contributed by atoms with van der Waals surface area (Å²) in [6, 6.07) is 18.8. The molecule has 0 atom stereocenters. The quantitative estimate of drug-likeness (QED) is 0.626. The molecule has 178 valence electrons. The molecule has 0 radical (unpaired) electrons. The molecule has 0 unspecified atom stereocenters. The second kappa shape index (κ2) is 11.9. The molecular formula is C26H37N5O2. The number of carbonyl (C=O) groups excluding carboxylic acids is 1. The number of piperazine rings is 2. The van der Waals surface area contributed by atoms with Crippen LogP contribution in [0.4, 0.5) is 10.5 Å². The van der Waals surface area contributed by atoms with E-state index in [-0.39, 0.29) is 6.03 Å². The molecule has 2 amide bonds. The molecule has 0 spiro atoms. The Hall–Kier alpha value is -2.77. The number of hydrogen-bond acceptors (Lipinski definition) is 5. The van der Waals surface area contributed by atoms with Crippen LogP contribution in [0.5, 0.6) is 5.75 Å². The van der Waals surface area contributed by atoms with Crippen LogP contribution in [0.3, 0.4) is 0 Å². The van der Waals surface area contributed by atoms with E-state index in [4.69, 9.17) is 4.74 Å². The molecule has 2 fully saturated rings. The lowest BCUT2D eigenvalue weighted by Crippen LogP contribution is -2.52. The Morgan fingerprint density at radius 1 is 0.848 bits per heavy atom. The Bertz CT molecular complexity index is 862. The maximum Gasteiger partial charge on any atom is 0.317 e. The first-order valence-electron chi connectivity index (χ1n) is 12.1. The fraction of sp³-hybridized carbons (Fsp3) is 0.500. The van der Waals surface area contributed by atoms with Gasteiger partial charge in [-0.05, 0) is 30.7 Å². The SMILES string of the molecule is COc1ccccc1N1CCN(C(=O)NCCCN2CCN(Cc3ccccc3)CC2)CC1. The van der Waals surface area contributed by atoms with Crippen LogP contribution >= 0.6 is 0 Å². The van der Waals surface area contributed by atoms with Crippen molar-refractivity contribution in [2.45, 2.75) is 13.0 Å². The molecule has 7 nitrogen and oxygen atoms in total. The lowest BCUT2D eigenvalue weighted by Gasteiger charge is -2.36. The molecule has 2 aliphatic rings. The number of urea groups is 1. The number of anilines is 1. The minimum Gasteiger partial charge on any atom is -0.495 e. The normalized spacial score (nSPS) is 17.7. The maximum atomic E-state index is 12.6. The molecule has 2 heterocycles. The van der Waals surface area contributed by atoms with Gasteiger partial charge in [0.05, 0.1) is 12.8 Å². The molecule has 0 aromatic heterocycles. The number of para-hydroxylation sites is 2. The minimum absolute atomic E-state index is 0.0577. The van der Waals surface area contributed by atoms with Gasteiger partial charge in [0.1, 0.15) is 5.75 Å². The zero-order valence-electron chi connectivity index (χ0n) is 19.8. The Morgan fingerprint density at radius 2 is 1.52 bits per heavy atom. The number of rotatable bonds is 8. The molecule has 2 aromatic rings. The van der Waals surface area contributed by atoms with Gasteiger partial charge in [0.25, 0.3) is 0 Å². The lowest BCUT2D eigenvalue weighted by atomic mass is 10.2. The van der Waals surface area contributed by atoms with Crippen molar-refractivity contribution in [2.75, 3.05) is 77.5 Å². The highest BCUT2D eigenvalue weighted by Crippen LogP contribution is 2.28. The number of methoxy groups -OCH3 is 1. The predicted octanol–water partition coefficient (Wildman–Crippen LogP) is 2.73. The summed E-state index contributed by atoms with van der Waals surface area (Å²) in [5.41, 5.74) is 2.49. The molecule has 2 saturated heterocycles. The van der Waals surface area contributed by atoms with Gasteiger partial charge in [-0.2, -0.15) is 0 Å². The van der Waals surface area contributed by atoms with Crippen molar-refractivity contribution in [3.05, 3.63) is 60.2 Å². The fourth-order valence-electron chi connectivity index (χ4n) is 4.66. The second-order valence-corrected chi connectivity index (χ2v) is 8.83. The number of ether oxygens (including phenoxy) is 1. The molecule has 0 bridgehead atoms. The first kappa shape index (κ1) is 23.4. The van der Waals surface area contributed by atoms with Crippen LogP contribution in [0.1, 0.15) is 12.0 Å². The van der Waals surface area contributed by atoms with E-state index >= 15 is 0 Å². The Balaban J connectivity index is 1.09. The Morgan fingerprint density at radius 3 is 2.24 bits per heavy atom. The molecule has 7 heteroatoms. The Labute approximate surface area is 197 Å². The summed E-state index contributed by atoms with van der Waals surface area (Å²) in [6.07, 6.45) is 0.992. The third-order valence-corrected chi connectivity index (χ3v) is 6.63. The number of hydrogen-bond donors (Lipinski definition) is 1.